The number of carbonyl (C=O) groups is 1. The second kappa shape index (κ2) is 7.33. The van der Waals surface area contributed by atoms with Crippen molar-refractivity contribution >= 4 is 11.9 Å². The van der Waals surface area contributed by atoms with Crippen molar-refractivity contribution in [3.63, 3.8) is 0 Å². The zero-order chi connectivity index (χ0) is 16.9. The average molecular weight is 332 g/mol. The molecular weight excluding hydrogens is 314 g/mol. The first-order valence-electron chi connectivity index (χ1n) is 7.88. The number of amides is 1. The van der Waals surface area contributed by atoms with Crippen LogP contribution in [-0.4, -0.2) is 35.0 Å². The highest BCUT2D eigenvalue weighted by Crippen LogP contribution is 2.21. The molecule has 0 bridgehead atoms. The Balaban J connectivity index is 1.56. The number of nitrogens with one attached hydrogen (secondary N) is 1. The highest BCUT2D eigenvalue weighted by Gasteiger charge is 2.26. The van der Waals surface area contributed by atoms with Crippen molar-refractivity contribution in [2.75, 3.05) is 18.0 Å². The first-order chi connectivity index (χ1) is 11.6. The predicted octanol–water partition coefficient (Wildman–Crippen LogP) is 2.08. The average Bonchev–Trinajstić information content (AvgIpc) is 3.05. The molecule has 1 aromatic carbocycles. The number of carbonyl (C=O) groups excluding carboxylic acids is 1. The van der Waals surface area contributed by atoms with Crippen LogP contribution in [0.2, 0.25) is 0 Å². The number of hydrogen-bond donors (Lipinski definition) is 1. The second-order valence-electron chi connectivity index (χ2n) is 5.75. The van der Waals surface area contributed by atoms with Gasteiger partial charge in [-0.05, 0) is 30.5 Å². The summed E-state index contributed by atoms with van der Waals surface area (Å²) in [6, 6.07) is 5.11. The molecule has 1 aliphatic rings. The minimum Gasteiger partial charge on any atom is -0.354 e. The summed E-state index contributed by atoms with van der Waals surface area (Å²) in [6.07, 6.45) is 5.21. The summed E-state index contributed by atoms with van der Waals surface area (Å²) in [5.41, 5.74) is 0.184. The monoisotopic (exact) mass is 332 g/mol. The third-order valence-corrected chi connectivity index (χ3v) is 4.09. The first kappa shape index (κ1) is 16.3. The zero-order valence-electron chi connectivity index (χ0n) is 13.1. The summed E-state index contributed by atoms with van der Waals surface area (Å²) in [5.74, 6) is -0.994. The summed E-state index contributed by atoms with van der Waals surface area (Å²) >= 11 is 0. The third-order valence-electron chi connectivity index (χ3n) is 4.09. The van der Waals surface area contributed by atoms with E-state index < -0.39 is 11.6 Å². The van der Waals surface area contributed by atoms with Crippen molar-refractivity contribution < 1.29 is 13.6 Å². The Labute approximate surface area is 138 Å². The van der Waals surface area contributed by atoms with E-state index in [1.165, 1.54) is 6.07 Å². The number of anilines is 1. The number of rotatable bonds is 5. The maximum Gasteiger partial charge on any atom is 0.225 e. The third kappa shape index (κ3) is 3.84. The Kier molecular flexibility index (Phi) is 4.98. The molecule has 1 aliphatic heterocycles. The highest BCUT2D eigenvalue weighted by molar-refractivity contribution is 5.78. The molecule has 1 N–H and O–H groups in total. The number of benzene rings is 1. The first-order valence-corrected chi connectivity index (χ1v) is 7.88. The molecule has 1 amide bonds. The van der Waals surface area contributed by atoms with Gasteiger partial charge in [-0.15, -0.1) is 0 Å². The van der Waals surface area contributed by atoms with Crippen LogP contribution in [0.4, 0.5) is 14.7 Å². The zero-order valence-corrected chi connectivity index (χ0v) is 13.1. The molecule has 2 aromatic rings. The summed E-state index contributed by atoms with van der Waals surface area (Å²) < 4.78 is 26.5. The fourth-order valence-electron chi connectivity index (χ4n) is 2.88. The van der Waals surface area contributed by atoms with E-state index in [1.54, 1.807) is 18.5 Å². The number of nitrogens with zero attached hydrogens (tertiary/aromatic N) is 3. The van der Waals surface area contributed by atoms with Crippen molar-refractivity contribution in [1.82, 2.24) is 15.3 Å². The predicted molar refractivity (Wildman–Crippen MR) is 85.5 cm³/mol. The standard InChI is InChI=1S/C17H18F2N4O/c18-13-5-4-12(15(19)10-13)9-16(24)22-11-14-3-1-8-23(14)17-20-6-2-7-21-17/h2,4-7,10,14H,1,3,8-9,11H2,(H,22,24). The normalized spacial score (nSPS) is 17.1. The van der Waals surface area contributed by atoms with Gasteiger partial charge < -0.3 is 10.2 Å². The Morgan fingerprint density at radius 2 is 2.08 bits per heavy atom. The van der Waals surface area contributed by atoms with Crippen LogP contribution in [0.5, 0.6) is 0 Å². The lowest BCUT2D eigenvalue weighted by molar-refractivity contribution is -0.120. The quantitative estimate of drug-likeness (QED) is 0.911. The van der Waals surface area contributed by atoms with Gasteiger partial charge in [0.25, 0.3) is 0 Å². The molecule has 5 nitrogen and oxygen atoms in total. The van der Waals surface area contributed by atoms with Gasteiger partial charge in [-0.3, -0.25) is 4.79 Å². The number of halogens is 2. The fourth-order valence-corrected chi connectivity index (χ4v) is 2.88. The Bertz CT molecular complexity index is 711. The molecule has 0 aliphatic carbocycles. The Morgan fingerprint density at radius 1 is 1.29 bits per heavy atom. The summed E-state index contributed by atoms with van der Waals surface area (Å²) in [5, 5.41) is 2.82. The fraction of sp³-hybridized carbons (Fsp3) is 0.353. The van der Waals surface area contributed by atoms with Crippen LogP contribution in [0.15, 0.2) is 36.7 Å². The van der Waals surface area contributed by atoms with Gasteiger partial charge in [-0.25, -0.2) is 18.7 Å². The van der Waals surface area contributed by atoms with Crippen LogP contribution in [-0.2, 0) is 11.2 Å². The van der Waals surface area contributed by atoms with Crippen LogP contribution >= 0.6 is 0 Å². The van der Waals surface area contributed by atoms with E-state index in [0.717, 1.165) is 31.5 Å². The van der Waals surface area contributed by atoms with Crippen molar-refractivity contribution in [1.29, 1.82) is 0 Å². The summed E-state index contributed by atoms with van der Waals surface area (Å²) in [4.78, 5) is 22.6. The summed E-state index contributed by atoms with van der Waals surface area (Å²) in [7, 11) is 0. The van der Waals surface area contributed by atoms with E-state index in [-0.39, 0.29) is 23.9 Å². The van der Waals surface area contributed by atoms with Gasteiger partial charge in [-0.2, -0.15) is 0 Å². The molecule has 1 saturated heterocycles. The van der Waals surface area contributed by atoms with Gasteiger partial charge in [0.05, 0.1) is 6.42 Å². The summed E-state index contributed by atoms with van der Waals surface area (Å²) in [6.45, 7) is 1.29. The lowest BCUT2D eigenvalue weighted by atomic mass is 10.1. The maximum atomic E-state index is 13.6. The second-order valence-corrected chi connectivity index (χ2v) is 5.75. The van der Waals surface area contributed by atoms with Crippen molar-refractivity contribution in [3.8, 4) is 0 Å². The van der Waals surface area contributed by atoms with Gasteiger partial charge in [0.1, 0.15) is 11.6 Å². The molecule has 1 aromatic heterocycles. The van der Waals surface area contributed by atoms with Crippen molar-refractivity contribution in [2.45, 2.75) is 25.3 Å². The van der Waals surface area contributed by atoms with Gasteiger partial charge in [0.2, 0.25) is 11.9 Å². The molecule has 7 heteroatoms. The van der Waals surface area contributed by atoms with Crippen LogP contribution in [0.3, 0.4) is 0 Å². The van der Waals surface area contributed by atoms with Crippen molar-refractivity contribution in [3.05, 3.63) is 53.9 Å². The molecule has 1 atom stereocenters. The van der Waals surface area contributed by atoms with E-state index in [2.05, 4.69) is 20.2 Å². The van der Waals surface area contributed by atoms with E-state index in [0.29, 0.717) is 12.5 Å². The topological polar surface area (TPSA) is 58.1 Å². The molecule has 1 unspecified atom stereocenters. The molecule has 0 saturated carbocycles. The lowest BCUT2D eigenvalue weighted by Crippen LogP contribution is -2.41. The van der Waals surface area contributed by atoms with Gasteiger partial charge in [0, 0.05) is 37.6 Å². The lowest BCUT2D eigenvalue weighted by Gasteiger charge is -2.24. The molecule has 3 rings (SSSR count). The molecule has 24 heavy (non-hydrogen) atoms. The van der Waals surface area contributed by atoms with Crippen LogP contribution < -0.4 is 10.2 Å². The van der Waals surface area contributed by atoms with E-state index >= 15 is 0 Å². The molecule has 0 spiro atoms. The van der Waals surface area contributed by atoms with Gasteiger partial charge in [0.15, 0.2) is 0 Å². The van der Waals surface area contributed by atoms with Crippen LogP contribution in [0.1, 0.15) is 18.4 Å². The van der Waals surface area contributed by atoms with Crippen LogP contribution in [0, 0.1) is 11.6 Å². The van der Waals surface area contributed by atoms with Crippen LogP contribution in [0.25, 0.3) is 0 Å². The molecule has 1 fully saturated rings. The minimum absolute atomic E-state index is 0.110. The maximum absolute atomic E-state index is 13.6. The molecule has 0 radical (unpaired) electrons. The SMILES string of the molecule is O=C(Cc1ccc(F)cc1F)NCC1CCCN1c1ncccn1. The number of aromatic nitrogens is 2. The number of hydrogen-bond acceptors (Lipinski definition) is 4. The molecular formula is C17H18F2N4O. The van der Waals surface area contributed by atoms with Gasteiger partial charge in [-0.1, -0.05) is 6.07 Å². The molecule has 2 heterocycles. The van der Waals surface area contributed by atoms with E-state index in [4.69, 9.17) is 0 Å². The smallest absolute Gasteiger partial charge is 0.225 e. The van der Waals surface area contributed by atoms with Crippen molar-refractivity contribution in [2.24, 2.45) is 0 Å². The van der Waals surface area contributed by atoms with Gasteiger partial charge >= 0.3 is 0 Å². The van der Waals surface area contributed by atoms with E-state index in [9.17, 15) is 13.6 Å². The van der Waals surface area contributed by atoms with E-state index in [1.807, 2.05) is 0 Å². The Hall–Kier alpha value is -2.57. The largest absolute Gasteiger partial charge is 0.354 e. The Morgan fingerprint density at radius 3 is 2.83 bits per heavy atom. The minimum atomic E-state index is -0.703. The molecule has 126 valence electrons. The highest BCUT2D eigenvalue weighted by atomic mass is 19.1.